The van der Waals surface area contributed by atoms with E-state index in [0.29, 0.717) is 13.1 Å². The Morgan fingerprint density at radius 2 is 1.55 bits per heavy atom. The fourth-order valence-electron chi connectivity index (χ4n) is 5.20. The Kier molecular flexibility index (Phi) is 5.99. The van der Waals surface area contributed by atoms with Crippen LogP contribution in [0.15, 0.2) is 30.3 Å². The molecule has 2 heterocycles. The molecular weight excluding hydrogens is 368 g/mol. The van der Waals surface area contributed by atoms with E-state index in [0.717, 1.165) is 44.1 Å². The van der Waals surface area contributed by atoms with Crippen molar-refractivity contribution in [3.63, 3.8) is 0 Å². The molecule has 2 saturated heterocycles. The summed E-state index contributed by atoms with van der Waals surface area (Å²) in [7, 11) is 0. The predicted molar refractivity (Wildman–Crippen MR) is 107 cm³/mol. The first-order chi connectivity index (χ1) is 14.1. The Morgan fingerprint density at radius 3 is 2.14 bits per heavy atom. The minimum atomic E-state index is -0.503. The van der Waals surface area contributed by atoms with Crippen molar-refractivity contribution in [3.8, 4) is 0 Å². The molecule has 1 N–H and O–H groups in total. The monoisotopic (exact) mass is 398 g/mol. The number of aliphatic hydroxyl groups excluding tert-OH is 1. The third kappa shape index (κ3) is 4.08. The van der Waals surface area contributed by atoms with Crippen LogP contribution in [0.5, 0.6) is 0 Å². The highest BCUT2D eigenvalue weighted by molar-refractivity contribution is 6.05. The molecule has 3 unspecified atom stereocenters. The molecule has 3 atom stereocenters. The molecule has 1 aliphatic carbocycles. The molecule has 1 aromatic rings. The van der Waals surface area contributed by atoms with Crippen molar-refractivity contribution in [2.45, 2.75) is 51.0 Å². The average molecular weight is 399 g/mol. The highest BCUT2D eigenvalue weighted by Crippen LogP contribution is 2.38. The van der Waals surface area contributed by atoms with Crippen LogP contribution >= 0.6 is 0 Å². The van der Waals surface area contributed by atoms with Crippen molar-refractivity contribution in [3.05, 3.63) is 35.9 Å². The van der Waals surface area contributed by atoms with E-state index < -0.39 is 6.10 Å². The maximum absolute atomic E-state index is 12.6. The van der Waals surface area contributed by atoms with Gasteiger partial charge in [0.2, 0.25) is 17.7 Å². The van der Waals surface area contributed by atoms with Gasteiger partial charge in [-0.25, -0.2) is 0 Å². The molecule has 4 rings (SSSR count). The van der Waals surface area contributed by atoms with E-state index in [2.05, 4.69) is 0 Å². The number of aliphatic hydroxyl groups is 1. The van der Waals surface area contributed by atoms with Crippen LogP contribution in [0.4, 0.5) is 0 Å². The molecule has 0 bridgehead atoms. The first-order valence-corrected chi connectivity index (χ1v) is 10.9. The van der Waals surface area contributed by atoms with Crippen molar-refractivity contribution in [2.75, 3.05) is 19.6 Å². The Hall–Kier alpha value is -2.21. The van der Waals surface area contributed by atoms with E-state index in [9.17, 15) is 19.5 Å². The Balaban J connectivity index is 1.26. The molecule has 3 amide bonds. The number of amides is 3. The lowest BCUT2D eigenvalue weighted by Gasteiger charge is -2.34. The van der Waals surface area contributed by atoms with Gasteiger partial charge in [-0.2, -0.15) is 0 Å². The van der Waals surface area contributed by atoms with Crippen molar-refractivity contribution < 1.29 is 19.5 Å². The van der Waals surface area contributed by atoms with Crippen molar-refractivity contribution in [1.82, 2.24) is 9.80 Å². The number of piperidine rings is 1. The van der Waals surface area contributed by atoms with Crippen LogP contribution in [-0.4, -0.2) is 52.3 Å². The zero-order valence-corrected chi connectivity index (χ0v) is 16.8. The maximum Gasteiger partial charge on any atom is 0.233 e. The molecule has 1 aromatic carbocycles. The van der Waals surface area contributed by atoms with E-state index in [1.807, 2.05) is 35.2 Å². The topological polar surface area (TPSA) is 77.9 Å². The fourth-order valence-corrected chi connectivity index (χ4v) is 5.20. The molecule has 3 fully saturated rings. The maximum atomic E-state index is 12.6. The van der Waals surface area contributed by atoms with Crippen LogP contribution in [0.3, 0.4) is 0 Å². The summed E-state index contributed by atoms with van der Waals surface area (Å²) in [6.45, 7) is 1.43. The van der Waals surface area contributed by atoms with Crippen LogP contribution in [0.25, 0.3) is 0 Å². The van der Waals surface area contributed by atoms with E-state index in [4.69, 9.17) is 0 Å². The molecule has 1 saturated carbocycles. The van der Waals surface area contributed by atoms with E-state index >= 15 is 0 Å². The van der Waals surface area contributed by atoms with E-state index in [1.54, 1.807) is 0 Å². The van der Waals surface area contributed by atoms with Crippen molar-refractivity contribution >= 4 is 17.7 Å². The molecule has 156 valence electrons. The number of hydrogen-bond acceptors (Lipinski definition) is 4. The minimum Gasteiger partial charge on any atom is -0.388 e. The number of carbonyl (C=O) groups excluding carboxylic acids is 3. The lowest BCUT2D eigenvalue weighted by molar-refractivity contribution is -0.141. The summed E-state index contributed by atoms with van der Waals surface area (Å²) >= 11 is 0. The number of fused-ring (bicyclic) bond motifs is 1. The fraction of sp³-hybridized carbons (Fsp3) is 0.609. The highest BCUT2D eigenvalue weighted by Gasteiger charge is 2.47. The van der Waals surface area contributed by atoms with Gasteiger partial charge in [0.25, 0.3) is 0 Å². The zero-order valence-electron chi connectivity index (χ0n) is 16.8. The second-order valence-electron chi connectivity index (χ2n) is 8.65. The van der Waals surface area contributed by atoms with Gasteiger partial charge in [0.15, 0.2) is 0 Å². The third-order valence-electron chi connectivity index (χ3n) is 6.96. The predicted octanol–water partition coefficient (Wildman–Crippen LogP) is 2.52. The van der Waals surface area contributed by atoms with Crippen LogP contribution in [-0.2, 0) is 14.4 Å². The molecule has 2 aliphatic heterocycles. The summed E-state index contributed by atoms with van der Waals surface area (Å²) in [4.78, 5) is 40.9. The standard InChI is InChI=1S/C23H30N2O4/c26-20(12-15-25-22(28)18-8-4-5-9-19(18)23(25)29)24-13-10-17(11-14-24)21(27)16-6-2-1-3-7-16/h1-3,6-7,17-19,21,27H,4-5,8-15H2. The summed E-state index contributed by atoms with van der Waals surface area (Å²) in [6.07, 6.45) is 4.84. The summed E-state index contributed by atoms with van der Waals surface area (Å²) in [5, 5.41) is 10.6. The smallest absolute Gasteiger partial charge is 0.233 e. The summed E-state index contributed by atoms with van der Waals surface area (Å²) in [5.41, 5.74) is 0.921. The van der Waals surface area contributed by atoms with Crippen LogP contribution in [0.2, 0.25) is 0 Å². The van der Waals surface area contributed by atoms with Crippen LogP contribution < -0.4 is 0 Å². The molecule has 6 heteroatoms. The van der Waals surface area contributed by atoms with Gasteiger partial charge < -0.3 is 10.0 Å². The minimum absolute atomic E-state index is 0.00637. The third-order valence-corrected chi connectivity index (χ3v) is 6.96. The number of rotatable bonds is 5. The van der Waals surface area contributed by atoms with Crippen molar-refractivity contribution in [1.29, 1.82) is 0 Å². The Bertz CT molecular complexity index is 733. The first-order valence-electron chi connectivity index (χ1n) is 10.9. The number of nitrogens with zero attached hydrogens (tertiary/aromatic N) is 2. The number of benzene rings is 1. The second-order valence-corrected chi connectivity index (χ2v) is 8.65. The van der Waals surface area contributed by atoms with Crippen LogP contribution in [0, 0.1) is 17.8 Å². The van der Waals surface area contributed by atoms with E-state index in [-0.39, 0.29) is 48.4 Å². The average Bonchev–Trinajstić information content (AvgIpc) is 3.02. The van der Waals surface area contributed by atoms with Gasteiger partial charge in [-0.15, -0.1) is 0 Å². The molecule has 3 aliphatic rings. The number of carbonyl (C=O) groups is 3. The van der Waals surface area contributed by atoms with Gasteiger partial charge >= 0.3 is 0 Å². The quantitative estimate of drug-likeness (QED) is 0.773. The molecule has 6 nitrogen and oxygen atoms in total. The summed E-state index contributed by atoms with van der Waals surface area (Å²) < 4.78 is 0. The second kappa shape index (κ2) is 8.66. The number of imide groups is 1. The van der Waals surface area contributed by atoms with Gasteiger partial charge in [0.05, 0.1) is 17.9 Å². The molecule has 0 aromatic heterocycles. The molecule has 0 spiro atoms. The van der Waals surface area contributed by atoms with Gasteiger partial charge in [0, 0.05) is 26.1 Å². The number of hydrogen-bond donors (Lipinski definition) is 1. The molecule has 0 radical (unpaired) electrons. The summed E-state index contributed by atoms with van der Waals surface area (Å²) in [6, 6.07) is 9.65. The Labute approximate surface area is 171 Å². The normalized spacial score (nSPS) is 26.5. The first kappa shape index (κ1) is 20.1. The Morgan fingerprint density at radius 1 is 0.966 bits per heavy atom. The van der Waals surface area contributed by atoms with Gasteiger partial charge in [-0.05, 0) is 37.2 Å². The molecule has 29 heavy (non-hydrogen) atoms. The lowest BCUT2D eigenvalue weighted by Crippen LogP contribution is -2.42. The summed E-state index contributed by atoms with van der Waals surface area (Å²) in [5.74, 6) is -0.308. The zero-order chi connectivity index (χ0) is 20.4. The lowest BCUT2D eigenvalue weighted by atomic mass is 9.81. The highest BCUT2D eigenvalue weighted by atomic mass is 16.3. The van der Waals surface area contributed by atoms with Crippen LogP contribution in [0.1, 0.15) is 56.6 Å². The van der Waals surface area contributed by atoms with E-state index in [1.165, 1.54) is 4.90 Å². The van der Waals surface area contributed by atoms with Gasteiger partial charge in [-0.3, -0.25) is 19.3 Å². The van der Waals surface area contributed by atoms with Gasteiger partial charge in [0.1, 0.15) is 0 Å². The molecular formula is C23H30N2O4. The largest absolute Gasteiger partial charge is 0.388 e. The number of likely N-dealkylation sites (tertiary alicyclic amines) is 2. The van der Waals surface area contributed by atoms with Crippen molar-refractivity contribution in [2.24, 2.45) is 17.8 Å². The van der Waals surface area contributed by atoms with Gasteiger partial charge in [-0.1, -0.05) is 43.2 Å². The SMILES string of the molecule is O=C(CCN1C(=O)C2CCCCC2C1=O)N1CCC(C(O)c2ccccc2)CC1.